The summed E-state index contributed by atoms with van der Waals surface area (Å²) < 4.78 is 6.34. The van der Waals surface area contributed by atoms with Gasteiger partial charge in [-0.05, 0) is 43.4 Å². The van der Waals surface area contributed by atoms with Gasteiger partial charge < -0.3 is 15.9 Å². The molecule has 0 spiro atoms. The van der Waals surface area contributed by atoms with Crippen molar-refractivity contribution in [2.24, 2.45) is 0 Å². The number of aromatic nitrogens is 4. The summed E-state index contributed by atoms with van der Waals surface area (Å²) >= 11 is 2.81. The third kappa shape index (κ3) is 4.57. The van der Waals surface area contributed by atoms with Crippen LogP contribution in [0.25, 0.3) is 11.4 Å². The molecule has 0 bridgehead atoms. The molecule has 3 heterocycles. The number of thiophene rings is 1. The van der Waals surface area contributed by atoms with Gasteiger partial charge in [0.25, 0.3) is 0 Å². The largest absolute Gasteiger partial charge is 0.465 e. The first-order valence-electron chi connectivity index (χ1n) is 9.85. The van der Waals surface area contributed by atoms with Crippen LogP contribution in [-0.2, 0) is 22.4 Å². The first-order chi connectivity index (χ1) is 15.1. The molecule has 0 saturated heterocycles. The van der Waals surface area contributed by atoms with Crippen LogP contribution >= 0.6 is 23.1 Å². The Labute approximate surface area is 187 Å². The van der Waals surface area contributed by atoms with E-state index in [1.807, 2.05) is 6.07 Å². The lowest BCUT2D eigenvalue weighted by Crippen LogP contribution is -2.16. The SMILES string of the molecule is COC(=O)c1c(NC(=O)CCSc2nnc(-c3cccnc3)n2N)sc2c1CCCC2. The molecule has 0 unspecified atom stereocenters. The Morgan fingerprint density at radius 3 is 2.94 bits per heavy atom. The van der Waals surface area contributed by atoms with Gasteiger partial charge >= 0.3 is 5.97 Å². The zero-order chi connectivity index (χ0) is 21.8. The van der Waals surface area contributed by atoms with Crippen molar-refractivity contribution in [2.45, 2.75) is 37.3 Å². The highest BCUT2D eigenvalue weighted by Crippen LogP contribution is 2.38. The minimum absolute atomic E-state index is 0.174. The molecule has 0 atom stereocenters. The Hall–Kier alpha value is -2.92. The second-order valence-corrected chi connectivity index (χ2v) is 9.14. The molecule has 4 rings (SSSR count). The standard InChI is InChI=1S/C20H22N6O3S2/c1-29-19(28)16-13-6-2-3-7-14(13)31-18(16)23-15(27)8-10-30-20-25-24-17(26(20)21)12-5-4-9-22-11-12/h4-5,9,11H,2-3,6-8,10,21H2,1H3,(H,23,27). The number of ether oxygens (including phenoxy) is 1. The van der Waals surface area contributed by atoms with E-state index < -0.39 is 5.97 Å². The number of fused-ring (bicyclic) bond motifs is 1. The maximum Gasteiger partial charge on any atom is 0.341 e. The number of hydrogen-bond acceptors (Lipinski definition) is 9. The third-order valence-electron chi connectivity index (χ3n) is 4.96. The molecule has 0 radical (unpaired) electrons. The number of methoxy groups -OCH3 is 1. The van der Waals surface area contributed by atoms with Gasteiger partial charge in [0.1, 0.15) is 5.00 Å². The summed E-state index contributed by atoms with van der Waals surface area (Å²) in [5.74, 6) is 6.49. The fourth-order valence-corrected chi connectivity index (χ4v) is 5.55. The van der Waals surface area contributed by atoms with Crippen LogP contribution in [0.5, 0.6) is 0 Å². The number of pyridine rings is 1. The second-order valence-electron chi connectivity index (χ2n) is 6.97. The number of hydrogen-bond donors (Lipinski definition) is 2. The number of thioether (sulfide) groups is 1. The quantitative estimate of drug-likeness (QED) is 0.315. The Balaban J connectivity index is 1.38. The van der Waals surface area contributed by atoms with Crippen LogP contribution in [0.15, 0.2) is 29.7 Å². The van der Waals surface area contributed by atoms with Crippen LogP contribution < -0.4 is 11.2 Å². The van der Waals surface area contributed by atoms with Crippen LogP contribution in [0.4, 0.5) is 5.00 Å². The number of amides is 1. The minimum atomic E-state index is -0.400. The van der Waals surface area contributed by atoms with Gasteiger partial charge in [-0.25, -0.2) is 9.47 Å². The van der Waals surface area contributed by atoms with Crippen molar-refractivity contribution < 1.29 is 14.3 Å². The summed E-state index contributed by atoms with van der Waals surface area (Å²) in [4.78, 5) is 30.1. The number of anilines is 1. The smallest absolute Gasteiger partial charge is 0.341 e. The Morgan fingerprint density at radius 2 is 2.16 bits per heavy atom. The van der Waals surface area contributed by atoms with Gasteiger partial charge in [-0.3, -0.25) is 9.78 Å². The fourth-order valence-electron chi connectivity index (χ4n) is 3.46. The van der Waals surface area contributed by atoms with E-state index >= 15 is 0 Å². The predicted molar refractivity (Wildman–Crippen MR) is 120 cm³/mol. The molecular weight excluding hydrogens is 436 g/mol. The number of rotatable bonds is 7. The van der Waals surface area contributed by atoms with Crippen LogP contribution in [0.3, 0.4) is 0 Å². The number of carbonyl (C=O) groups is 2. The van der Waals surface area contributed by atoms with Crippen LogP contribution in [-0.4, -0.2) is 44.6 Å². The Bertz CT molecular complexity index is 1100. The highest BCUT2D eigenvalue weighted by atomic mass is 32.2. The van der Waals surface area contributed by atoms with Crippen molar-refractivity contribution in [3.05, 3.63) is 40.5 Å². The summed E-state index contributed by atoms with van der Waals surface area (Å²) in [6, 6.07) is 3.65. The van der Waals surface area contributed by atoms with Crippen molar-refractivity contribution in [2.75, 3.05) is 24.0 Å². The van der Waals surface area contributed by atoms with E-state index in [4.69, 9.17) is 10.6 Å². The first-order valence-corrected chi connectivity index (χ1v) is 11.6. The molecule has 31 heavy (non-hydrogen) atoms. The molecule has 1 aliphatic carbocycles. The average molecular weight is 459 g/mol. The lowest BCUT2D eigenvalue weighted by Gasteiger charge is -2.11. The highest BCUT2D eigenvalue weighted by molar-refractivity contribution is 7.99. The number of esters is 1. The first kappa shape index (κ1) is 21.3. The molecule has 3 N–H and O–H groups in total. The van der Waals surface area contributed by atoms with E-state index in [1.54, 1.807) is 18.5 Å². The van der Waals surface area contributed by atoms with Gasteiger partial charge in [-0.2, -0.15) is 0 Å². The van der Waals surface area contributed by atoms with E-state index in [-0.39, 0.29) is 12.3 Å². The normalized spacial score (nSPS) is 12.9. The van der Waals surface area contributed by atoms with E-state index in [2.05, 4.69) is 20.5 Å². The molecule has 0 aliphatic heterocycles. The van der Waals surface area contributed by atoms with Gasteiger partial charge in [0.2, 0.25) is 11.1 Å². The maximum atomic E-state index is 12.5. The topological polar surface area (TPSA) is 125 Å². The molecule has 0 fully saturated rings. The molecule has 162 valence electrons. The number of nitrogens with zero attached hydrogens (tertiary/aromatic N) is 4. The minimum Gasteiger partial charge on any atom is -0.465 e. The summed E-state index contributed by atoms with van der Waals surface area (Å²) in [6.45, 7) is 0. The summed E-state index contributed by atoms with van der Waals surface area (Å²) in [6.07, 6.45) is 7.48. The molecular formula is C20H22N6O3S2. The van der Waals surface area contributed by atoms with E-state index in [0.29, 0.717) is 27.3 Å². The average Bonchev–Trinajstić information content (AvgIpc) is 3.33. The van der Waals surface area contributed by atoms with E-state index in [9.17, 15) is 9.59 Å². The molecule has 3 aromatic heterocycles. The molecule has 9 nitrogen and oxygen atoms in total. The number of nitrogen functional groups attached to an aromatic ring is 1. The molecule has 3 aromatic rings. The monoisotopic (exact) mass is 458 g/mol. The number of aryl methyl sites for hydroxylation is 1. The number of nitrogens with one attached hydrogen (secondary N) is 1. The van der Waals surface area contributed by atoms with Crippen LogP contribution in [0.1, 0.15) is 40.1 Å². The van der Waals surface area contributed by atoms with Crippen molar-refractivity contribution in [3.63, 3.8) is 0 Å². The fraction of sp³-hybridized carbons (Fsp3) is 0.350. The molecule has 0 aromatic carbocycles. The molecule has 11 heteroatoms. The van der Waals surface area contributed by atoms with Crippen LogP contribution in [0, 0.1) is 0 Å². The van der Waals surface area contributed by atoms with Gasteiger partial charge in [-0.15, -0.1) is 21.5 Å². The second kappa shape index (κ2) is 9.48. The van der Waals surface area contributed by atoms with Crippen molar-refractivity contribution in [1.29, 1.82) is 0 Å². The van der Waals surface area contributed by atoms with Crippen molar-refractivity contribution in [1.82, 2.24) is 19.9 Å². The molecule has 1 aliphatic rings. The Kier molecular flexibility index (Phi) is 6.52. The Morgan fingerprint density at radius 1 is 1.32 bits per heavy atom. The third-order valence-corrected chi connectivity index (χ3v) is 7.11. The number of carbonyl (C=O) groups excluding carboxylic acids is 2. The summed E-state index contributed by atoms with van der Waals surface area (Å²) in [5.41, 5.74) is 2.29. The highest BCUT2D eigenvalue weighted by Gasteiger charge is 2.26. The van der Waals surface area contributed by atoms with Gasteiger partial charge in [0.15, 0.2) is 5.82 Å². The summed E-state index contributed by atoms with van der Waals surface area (Å²) in [7, 11) is 1.36. The van der Waals surface area contributed by atoms with Crippen molar-refractivity contribution in [3.8, 4) is 11.4 Å². The lowest BCUT2D eigenvalue weighted by molar-refractivity contribution is -0.115. The van der Waals surface area contributed by atoms with Gasteiger partial charge in [0.05, 0.1) is 12.7 Å². The predicted octanol–water partition coefficient (Wildman–Crippen LogP) is 2.90. The van der Waals surface area contributed by atoms with Gasteiger partial charge in [0, 0.05) is 35.0 Å². The number of nitrogens with two attached hydrogens (primary N) is 1. The lowest BCUT2D eigenvalue weighted by atomic mass is 9.95. The zero-order valence-corrected chi connectivity index (χ0v) is 18.6. The molecule has 1 amide bonds. The van der Waals surface area contributed by atoms with Crippen LogP contribution in [0.2, 0.25) is 0 Å². The zero-order valence-electron chi connectivity index (χ0n) is 17.0. The molecule has 0 saturated carbocycles. The van der Waals surface area contributed by atoms with Crippen molar-refractivity contribution >= 4 is 40.0 Å². The van der Waals surface area contributed by atoms with Gasteiger partial charge in [-0.1, -0.05) is 11.8 Å². The van der Waals surface area contributed by atoms with E-state index in [1.165, 1.54) is 34.9 Å². The summed E-state index contributed by atoms with van der Waals surface area (Å²) in [5, 5.41) is 12.2. The maximum absolute atomic E-state index is 12.5. The van der Waals surface area contributed by atoms with E-state index in [0.717, 1.165) is 41.7 Å².